The first-order valence-corrected chi connectivity index (χ1v) is 4.42. The van der Waals surface area contributed by atoms with E-state index in [1.54, 1.807) is 0 Å². The molecule has 0 radical (unpaired) electrons. The van der Waals surface area contributed by atoms with Gasteiger partial charge in [-0.3, -0.25) is 0 Å². The van der Waals surface area contributed by atoms with Crippen molar-refractivity contribution in [3.05, 3.63) is 23.5 Å². The van der Waals surface area contributed by atoms with Crippen LogP contribution in [0.25, 0.3) is 10.2 Å². The second-order valence-corrected chi connectivity index (χ2v) is 3.44. The highest BCUT2D eigenvalue weighted by Gasteiger charge is 2.13. The van der Waals surface area contributed by atoms with Crippen molar-refractivity contribution >= 4 is 27.7 Å². The first kappa shape index (κ1) is 8.12. The maximum Gasteiger partial charge on any atom is 0.357 e. The Hall–Kier alpha value is -1.49. The molecule has 0 aliphatic carbocycles. The molecule has 2 heterocycles. The number of aromatic carboxylic acids is 1. The Kier molecular flexibility index (Phi) is 1.73. The topological polar surface area (TPSA) is 63.1 Å². The standard InChI is InChI=1S/C8H6N2O2S/c1-4-2-3-5-6(9-4)7(8(11)12)10-13-5/h2-3H,1H3,(H,11,12). The zero-order chi connectivity index (χ0) is 9.42. The highest BCUT2D eigenvalue weighted by atomic mass is 32.1. The number of carboxylic acids is 1. The summed E-state index contributed by atoms with van der Waals surface area (Å²) >= 11 is 1.16. The molecule has 2 aromatic rings. The predicted molar refractivity (Wildman–Crippen MR) is 49.1 cm³/mol. The Bertz CT molecular complexity index is 478. The van der Waals surface area contributed by atoms with E-state index in [0.717, 1.165) is 21.9 Å². The number of nitrogens with zero attached hydrogens (tertiary/aromatic N) is 2. The second kappa shape index (κ2) is 2.77. The second-order valence-electron chi connectivity index (χ2n) is 2.64. The Labute approximate surface area is 78.0 Å². The maximum absolute atomic E-state index is 10.7. The number of carboxylic acid groups (broad SMARTS) is 1. The minimum atomic E-state index is -1.02. The highest BCUT2D eigenvalue weighted by Crippen LogP contribution is 2.20. The van der Waals surface area contributed by atoms with Gasteiger partial charge in [0.05, 0.1) is 4.70 Å². The van der Waals surface area contributed by atoms with Gasteiger partial charge in [0.25, 0.3) is 0 Å². The molecule has 13 heavy (non-hydrogen) atoms. The van der Waals surface area contributed by atoms with E-state index in [1.165, 1.54) is 0 Å². The molecular weight excluding hydrogens is 188 g/mol. The molecule has 0 atom stereocenters. The van der Waals surface area contributed by atoms with Gasteiger partial charge in [-0.15, -0.1) is 0 Å². The molecular formula is C8H6N2O2S. The summed E-state index contributed by atoms with van der Waals surface area (Å²) in [6.07, 6.45) is 0. The van der Waals surface area contributed by atoms with Crippen molar-refractivity contribution in [2.75, 3.05) is 0 Å². The average Bonchev–Trinajstić information content (AvgIpc) is 2.46. The largest absolute Gasteiger partial charge is 0.476 e. The molecule has 0 unspecified atom stereocenters. The maximum atomic E-state index is 10.7. The third-order valence-corrected chi connectivity index (χ3v) is 2.46. The van der Waals surface area contributed by atoms with Gasteiger partial charge in [0.2, 0.25) is 0 Å². The van der Waals surface area contributed by atoms with Gasteiger partial charge in [-0.2, -0.15) is 4.37 Å². The van der Waals surface area contributed by atoms with Gasteiger partial charge in [-0.1, -0.05) is 0 Å². The fourth-order valence-corrected chi connectivity index (χ4v) is 1.78. The number of hydrogen-bond donors (Lipinski definition) is 1. The third-order valence-electron chi connectivity index (χ3n) is 1.66. The lowest BCUT2D eigenvalue weighted by molar-refractivity contribution is 0.0694. The van der Waals surface area contributed by atoms with Crippen molar-refractivity contribution in [1.82, 2.24) is 9.36 Å². The van der Waals surface area contributed by atoms with Gasteiger partial charge < -0.3 is 5.11 Å². The quantitative estimate of drug-likeness (QED) is 0.750. The minimum absolute atomic E-state index is 0.0451. The van der Waals surface area contributed by atoms with Crippen molar-refractivity contribution in [2.24, 2.45) is 0 Å². The molecule has 2 rings (SSSR count). The lowest BCUT2D eigenvalue weighted by atomic mass is 10.3. The van der Waals surface area contributed by atoms with Crippen molar-refractivity contribution in [3.8, 4) is 0 Å². The Morgan fingerprint density at radius 3 is 3.00 bits per heavy atom. The molecule has 0 spiro atoms. The summed E-state index contributed by atoms with van der Waals surface area (Å²) in [5, 5.41) is 8.77. The fourth-order valence-electron chi connectivity index (χ4n) is 1.07. The van der Waals surface area contributed by atoms with E-state index in [1.807, 2.05) is 19.1 Å². The first-order valence-electron chi connectivity index (χ1n) is 3.65. The van der Waals surface area contributed by atoms with E-state index >= 15 is 0 Å². The summed E-state index contributed by atoms with van der Waals surface area (Å²) in [5.41, 5.74) is 1.33. The van der Waals surface area contributed by atoms with Crippen LogP contribution in [0.3, 0.4) is 0 Å². The molecule has 0 aromatic carbocycles. The van der Waals surface area contributed by atoms with E-state index < -0.39 is 5.97 Å². The van der Waals surface area contributed by atoms with Crippen LogP contribution >= 0.6 is 11.5 Å². The minimum Gasteiger partial charge on any atom is -0.476 e. The number of pyridine rings is 1. The Balaban J connectivity index is 2.79. The van der Waals surface area contributed by atoms with Gasteiger partial charge in [0.15, 0.2) is 5.69 Å². The number of rotatable bonds is 1. The summed E-state index contributed by atoms with van der Waals surface area (Å²) in [4.78, 5) is 14.8. The van der Waals surface area contributed by atoms with Crippen molar-refractivity contribution < 1.29 is 9.90 Å². The van der Waals surface area contributed by atoms with Crippen LogP contribution in [0.5, 0.6) is 0 Å². The van der Waals surface area contributed by atoms with Crippen LogP contribution in [-0.2, 0) is 0 Å². The highest BCUT2D eigenvalue weighted by molar-refractivity contribution is 7.13. The molecule has 4 nitrogen and oxygen atoms in total. The fraction of sp³-hybridized carbons (Fsp3) is 0.125. The molecule has 66 valence electrons. The summed E-state index contributed by atoms with van der Waals surface area (Å²) < 4.78 is 4.62. The summed E-state index contributed by atoms with van der Waals surface area (Å²) in [7, 11) is 0. The Morgan fingerprint density at radius 2 is 2.31 bits per heavy atom. The van der Waals surface area contributed by atoms with Gasteiger partial charge in [-0.25, -0.2) is 9.78 Å². The van der Waals surface area contributed by atoms with Crippen LogP contribution in [0.2, 0.25) is 0 Å². The number of aryl methyl sites for hydroxylation is 1. The van der Waals surface area contributed by atoms with E-state index in [-0.39, 0.29) is 5.69 Å². The van der Waals surface area contributed by atoms with Gasteiger partial charge in [0.1, 0.15) is 5.52 Å². The molecule has 0 saturated carbocycles. The van der Waals surface area contributed by atoms with E-state index in [9.17, 15) is 4.79 Å². The summed E-state index contributed by atoms with van der Waals surface area (Å²) in [6.45, 7) is 1.82. The average molecular weight is 194 g/mol. The van der Waals surface area contributed by atoms with E-state index in [2.05, 4.69) is 9.36 Å². The molecule has 0 bridgehead atoms. The molecule has 0 aliphatic rings. The Morgan fingerprint density at radius 1 is 1.54 bits per heavy atom. The summed E-state index contributed by atoms with van der Waals surface area (Å²) in [5.74, 6) is -1.02. The zero-order valence-corrected chi connectivity index (χ0v) is 7.63. The van der Waals surface area contributed by atoms with Crippen LogP contribution in [0.15, 0.2) is 12.1 Å². The lowest BCUT2D eigenvalue weighted by Crippen LogP contribution is -1.97. The van der Waals surface area contributed by atoms with Crippen molar-refractivity contribution in [3.63, 3.8) is 0 Å². The van der Waals surface area contributed by atoms with Crippen LogP contribution in [0.4, 0.5) is 0 Å². The van der Waals surface area contributed by atoms with Crippen LogP contribution in [0.1, 0.15) is 16.2 Å². The summed E-state index contributed by atoms with van der Waals surface area (Å²) in [6, 6.07) is 3.67. The predicted octanol–water partition coefficient (Wildman–Crippen LogP) is 1.70. The SMILES string of the molecule is Cc1ccc2snc(C(=O)O)c2n1. The van der Waals surface area contributed by atoms with Gasteiger partial charge >= 0.3 is 5.97 Å². The third kappa shape index (κ3) is 1.27. The number of aromatic nitrogens is 2. The van der Waals surface area contributed by atoms with Crippen LogP contribution in [0, 0.1) is 6.92 Å². The first-order chi connectivity index (χ1) is 6.18. The van der Waals surface area contributed by atoms with E-state index in [0.29, 0.717) is 5.52 Å². The molecule has 0 saturated heterocycles. The van der Waals surface area contributed by atoms with E-state index in [4.69, 9.17) is 5.11 Å². The van der Waals surface area contributed by atoms with Gasteiger partial charge in [-0.05, 0) is 30.6 Å². The molecule has 5 heteroatoms. The normalized spacial score (nSPS) is 10.5. The molecule has 1 N–H and O–H groups in total. The number of hydrogen-bond acceptors (Lipinski definition) is 4. The zero-order valence-electron chi connectivity index (χ0n) is 6.81. The monoisotopic (exact) mass is 194 g/mol. The molecule has 0 fully saturated rings. The number of carbonyl (C=O) groups is 1. The lowest BCUT2D eigenvalue weighted by Gasteiger charge is -1.91. The smallest absolute Gasteiger partial charge is 0.357 e. The van der Waals surface area contributed by atoms with Crippen LogP contribution in [-0.4, -0.2) is 20.4 Å². The van der Waals surface area contributed by atoms with Crippen molar-refractivity contribution in [1.29, 1.82) is 0 Å². The molecule has 0 aliphatic heterocycles. The number of fused-ring (bicyclic) bond motifs is 1. The van der Waals surface area contributed by atoms with Gasteiger partial charge in [0, 0.05) is 5.69 Å². The van der Waals surface area contributed by atoms with Crippen LogP contribution < -0.4 is 0 Å². The molecule has 2 aromatic heterocycles. The van der Waals surface area contributed by atoms with Crippen molar-refractivity contribution in [2.45, 2.75) is 6.92 Å². The molecule has 0 amide bonds.